The zero-order valence-corrected chi connectivity index (χ0v) is 19.2. The van der Waals surface area contributed by atoms with Crippen LogP contribution in [-0.2, 0) is 11.2 Å². The summed E-state index contributed by atoms with van der Waals surface area (Å²) in [7, 11) is 3.36. The van der Waals surface area contributed by atoms with Gasteiger partial charge in [-0.2, -0.15) is 0 Å². The molecule has 2 heterocycles. The molecule has 1 aromatic heterocycles. The van der Waals surface area contributed by atoms with Crippen molar-refractivity contribution in [3.05, 3.63) is 70.6 Å². The minimum atomic E-state index is -0.0871. The number of hydrogen-bond acceptors (Lipinski definition) is 6. The van der Waals surface area contributed by atoms with Crippen molar-refractivity contribution < 1.29 is 9.53 Å². The summed E-state index contributed by atoms with van der Waals surface area (Å²) < 4.78 is 6.84. The van der Waals surface area contributed by atoms with Gasteiger partial charge in [0.2, 0.25) is 5.91 Å². The summed E-state index contributed by atoms with van der Waals surface area (Å²) in [6.07, 6.45) is 0.754. The second kappa shape index (κ2) is 9.20. The predicted molar refractivity (Wildman–Crippen MR) is 126 cm³/mol. The zero-order chi connectivity index (χ0) is 22.0. The van der Waals surface area contributed by atoms with E-state index < -0.39 is 0 Å². The quantitative estimate of drug-likeness (QED) is 0.415. The number of carbonyl (C=O) groups is 1. The van der Waals surface area contributed by atoms with E-state index in [-0.39, 0.29) is 17.2 Å². The van der Waals surface area contributed by atoms with E-state index in [1.165, 1.54) is 11.8 Å². The van der Waals surface area contributed by atoms with Crippen molar-refractivity contribution in [2.75, 3.05) is 24.8 Å². The van der Waals surface area contributed by atoms with Crippen LogP contribution in [0.2, 0.25) is 0 Å². The molecule has 0 bridgehead atoms. The molecule has 160 valence electrons. The highest BCUT2D eigenvalue weighted by Crippen LogP contribution is 2.35. The van der Waals surface area contributed by atoms with Gasteiger partial charge in [0.05, 0.1) is 29.1 Å². The molecule has 0 radical (unpaired) electrons. The van der Waals surface area contributed by atoms with E-state index in [2.05, 4.69) is 6.92 Å². The molecule has 3 aromatic rings. The van der Waals surface area contributed by atoms with Gasteiger partial charge in [-0.25, -0.2) is 4.98 Å². The number of methoxy groups -OCH3 is 1. The maximum atomic E-state index is 13.3. The number of anilines is 1. The number of thioether (sulfide) groups is 2. The van der Waals surface area contributed by atoms with Crippen LogP contribution in [0.4, 0.5) is 5.69 Å². The first kappa shape index (κ1) is 21.5. The smallest absolute Gasteiger partial charge is 0.272 e. The number of nitrogens with zero attached hydrogens (tertiary/aromatic N) is 3. The third-order valence-corrected chi connectivity index (χ3v) is 7.19. The molecule has 2 aromatic carbocycles. The number of benzene rings is 2. The maximum absolute atomic E-state index is 13.3. The zero-order valence-electron chi connectivity index (χ0n) is 17.6. The molecule has 6 nitrogen and oxygen atoms in total. The van der Waals surface area contributed by atoms with Crippen molar-refractivity contribution in [2.24, 2.45) is 0 Å². The molecule has 4 rings (SSSR count). The molecule has 1 unspecified atom stereocenters. The molecular formula is C23H23N3O3S2. The summed E-state index contributed by atoms with van der Waals surface area (Å²) in [4.78, 5) is 33.2. The first-order valence-electron chi connectivity index (χ1n) is 9.89. The topological polar surface area (TPSA) is 64.4 Å². The van der Waals surface area contributed by atoms with Crippen molar-refractivity contribution in [2.45, 2.75) is 28.6 Å². The van der Waals surface area contributed by atoms with Crippen LogP contribution in [0.5, 0.6) is 5.75 Å². The van der Waals surface area contributed by atoms with E-state index in [9.17, 15) is 9.59 Å². The Hall–Kier alpha value is -2.71. The molecule has 0 N–H and O–H groups in total. The van der Waals surface area contributed by atoms with Crippen LogP contribution >= 0.6 is 23.5 Å². The molecule has 0 spiro atoms. The van der Waals surface area contributed by atoms with Gasteiger partial charge in [-0.3, -0.25) is 14.2 Å². The fraction of sp³-hybridized carbons (Fsp3) is 0.261. The number of ether oxygens (including phenoxy) is 1. The number of aromatic nitrogens is 2. The number of amides is 1. The fourth-order valence-corrected chi connectivity index (χ4v) is 5.41. The number of para-hydroxylation sites is 1. The second-order valence-corrected chi connectivity index (χ2v) is 9.61. The lowest BCUT2D eigenvalue weighted by Gasteiger charge is -2.18. The Bertz CT molecular complexity index is 1150. The van der Waals surface area contributed by atoms with Crippen LogP contribution in [0.15, 0.2) is 69.4 Å². The first-order chi connectivity index (χ1) is 15.0. The van der Waals surface area contributed by atoms with E-state index in [1.54, 1.807) is 35.4 Å². The third kappa shape index (κ3) is 4.50. The molecule has 1 amide bonds. The van der Waals surface area contributed by atoms with E-state index in [1.807, 2.05) is 54.6 Å². The molecule has 0 saturated heterocycles. The molecule has 1 aliphatic rings. The Balaban J connectivity index is 1.66. The predicted octanol–water partition coefficient (Wildman–Crippen LogP) is 4.03. The lowest BCUT2D eigenvalue weighted by Crippen LogP contribution is -2.29. The molecule has 0 fully saturated rings. The van der Waals surface area contributed by atoms with Gasteiger partial charge < -0.3 is 9.64 Å². The Labute approximate surface area is 189 Å². The van der Waals surface area contributed by atoms with Crippen molar-refractivity contribution in [1.29, 1.82) is 0 Å². The summed E-state index contributed by atoms with van der Waals surface area (Å²) >= 11 is 2.85. The van der Waals surface area contributed by atoms with Crippen LogP contribution in [-0.4, -0.2) is 40.6 Å². The molecule has 0 saturated carbocycles. The molecular weight excluding hydrogens is 430 g/mol. The Morgan fingerprint density at radius 2 is 1.94 bits per heavy atom. The van der Waals surface area contributed by atoms with Gasteiger partial charge in [0.15, 0.2) is 5.16 Å². The summed E-state index contributed by atoms with van der Waals surface area (Å²) in [5.41, 5.74) is 2.26. The number of fused-ring (bicyclic) bond motifs is 1. The lowest BCUT2D eigenvalue weighted by molar-refractivity contribution is -0.115. The van der Waals surface area contributed by atoms with Gasteiger partial charge >= 0.3 is 0 Å². The van der Waals surface area contributed by atoms with Crippen molar-refractivity contribution in [3.8, 4) is 11.4 Å². The van der Waals surface area contributed by atoms with Gasteiger partial charge in [-0.05, 0) is 36.4 Å². The van der Waals surface area contributed by atoms with Crippen molar-refractivity contribution in [1.82, 2.24) is 9.55 Å². The minimum Gasteiger partial charge on any atom is -0.497 e. The van der Waals surface area contributed by atoms with Gasteiger partial charge in [-0.15, -0.1) is 11.8 Å². The van der Waals surface area contributed by atoms with Gasteiger partial charge in [0, 0.05) is 24.4 Å². The van der Waals surface area contributed by atoms with Gasteiger partial charge in [0.1, 0.15) is 5.75 Å². The SMILES string of the molecule is COc1ccc(-n2c(SCC(=O)N(C)c3ccccc3)nc3c(c2=O)SC(C)C3)cc1. The second-order valence-electron chi connectivity index (χ2n) is 7.22. The normalized spacial score (nSPS) is 14.9. The highest BCUT2D eigenvalue weighted by Gasteiger charge is 2.27. The Morgan fingerprint density at radius 3 is 2.61 bits per heavy atom. The Kier molecular flexibility index (Phi) is 6.38. The monoisotopic (exact) mass is 453 g/mol. The first-order valence-corrected chi connectivity index (χ1v) is 11.8. The highest BCUT2D eigenvalue weighted by molar-refractivity contribution is 8.00. The lowest BCUT2D eigenvalue weighted by atomic mass is 10.2. The molecule has 8 heteroatoms. The average Bonchev–Trinajstić information content (AvgIpc) is 3.18. The van der Waals surface area contributed by atoms with Crippen molar-refractivity contribution >= 4 is 35.1 Å². The van der Waals surface area contributed by atoms with E-state index in [0.29, 0.717) is 26.7 Å². The summed E-state index contributed by atoms with van der Waals surface area (Å²) in [6.45, 7) is 2.09. The summed E-state index contributed by atoms with van der Waals surface area (Å²) in [5, 5.41) is 0.837. The Morgan fingerprint density at radius 1 is 1.23 bits per heavy atom. The summed E-state index contributed by atoms with van der Waals surface area (Å²) in [6, 6.07) is 16.8. The number of carbonyl (C=O) groups excluding carboxylic acids is 1. The van der Waals surface area contributed by atoms with Crippen LogP contribution in [0.3, 0.4) is 0 Å². The van der Waals surface area contributed by atoms with Crippen molar-refractivity contribution in [3.63, 3.8) is 0 Å². The number of rotatable bonds is 6. The molecule has 1 aliphatic heterocycles. The average molecular weight is 454 g/mol. The van der Waals surface area contributed by atoms with Crippen LogP contribution in [0.25, 0.3) is 5.69 Å². The molecule has 31 heavy (non-hydrogen) atoms. The summed E-state index contributed by atoms with van der Waals surface area (Å²) in [5.74, 6) is 0.827. The van der Waals surface area contributed by atoms with Gasteiger partial charge in [-0.1, -0.05) is 36.9 Å². The maximum Gasteiger partial charge on any atom is 0.272 e. The van der Waals surface area contributed by atoms with Crippen LogP contribution in [0, 0.1) is 0 Å². The minimum absolute atomic E-state index is 0.0602. The van der Waals surface area contributed by atoms with E-state index in [0.717, 1.165) is 17.8 Å². The van der Waals surface area contributed by atoms with E-state index in [4.69, 9.17) is 9.72 Å². The third-order valence-electron chi connectivity index (χ3n) is 5.05. The standard InChI is InChI=1S/C23H23N3O3S2/c1-15-13-19-21(31-15)22(28)26(17-9-11-18(29-3)12-10-17)23(24-19)30-14-20(27)25(2)16-7-5-4-6-8-16/h4-12,15H,13-14H2,1-3H3. The molecule has 0 aliphatic carbocycles. The largest absolute Gasteiger partial charge is 0.497 e. The van der Waals surface area contributed by atoms with Crippen LogP contribution in [0.1, 0.15) is 12.6 Å². The van der Waals surface area contributed by atoms with E-state index >= 15 is 0 Å². The fourth-order valence-electron chi connectivity index (χ4n) is 3.37. The number of hydrogen-bond donors (Lipinski definition) is 0. The molecule has 1 atom stereocenters. The highest BCUT2D eigenvalue weighted by atomic mass is 32.2. The van der Waals surface area contributed by atoms with Gasteiger partial charge in [0.25, 0.3) is 5.56 Å². The van der Waals surface area contributed by atoms with Crippen LogP contribution < -0.4 is 15.2 Å².